The number of rotatable bonds is 5. The fraction of sp³-hybridized carbons (Fsp3) is 0.455. The average molecular weight is 276 g/mol. The lowest BCUT2D eigenvalue weighted by atomic mass is 10.2. The molecule has 1 N–H and O–H groups in total. The van der Waals surface area contributed by atoms with Gasteiger partial charge in [-0.3, -0.25) is 4.90 Å². The topological polar surface area (TPSA) is 23.5 Å². The molecular weight excluding hydrogens is 261 g/mol. The molecule has 15 heavy (non-hydrogen) atoms. The van der Waals surface area contributed by atoms with Gasteiger partial charge < -0.3 is 5.11 Å². The molecule has 0 spiro atoms. The number of hydrogen-bond donors (Lipinski definition) is 1. The SMILES string of the molecule is CCN(CCO)Cc1ccc(F)cc1Br. The molecule has 0 amide bonds. The molecule has 0 aromatic heterocycles. The second-order valence-electron chi connectivity index (χ2n) is 3.33. The number of benzene rings is 1. The van der Waals surface area contributed by atoms with Gasteiger partial charge in [0.05, 0.1) is 6.61 Å². The lowest BCUT2D eigenvalue weighted by Crippen LogP contribution is -2.26. The van der Waals surface area contributed by atoms with E-state index in [1.807, 2.05) is 6.92 Å². The molecule has 0 saturated carbocycles. The minimum absolute atomic E-state index is 0.145. The summed E-state index contributed by atoms with van der Waals surface area (Å²) in [5, 5.41) is 8.85. The fourth-order valence-corrected chi connectivity index (χ4v) is 1.86. The van der Waals surface area contributed by atoms with Crippen molar-refractivity contribution in [3.8, 4) is 0 Å². The van der Waals surface area contributed by atoms with E-state index in [9.17, 15) is 4.39 Å². The summed E-state index contributed by atoms with van der Waals surface area (Å²) in [6.45, 7) is 4.41. The lowest BCUT2D eigenvalue weighted by Gasteiger charge is -2.19. The summed E-state index contributed by atoms with van der Waals surface area (Å²) in [6.07, 6.45) is 0. The Bertz CT molecular complexity index is 319. The second-order valence-corrected chi connectivity index (χ2v) is 4.18. The summed E-state index contributed by atoms with van der Waals surface area (Å²) in [7, 11) is 0. The molecular formula is C11H15BrFNO. The third kappa shape index (κ3) is 3.89. The highest BCUT2D eigenvalue weighted by molar-refractivity contribution is 9.10. The number of hydrogen-bond acceptors (Lipinski definition) is 2. The maximum Gasteiger partial charge on any atom is 0.124 e. The zero-order chi connectivity index (χ0) is 11.3. The molecule has 1 aromatic rings. The highest BCUT2D eigenvalue weighted by atomic mass is 79.9. The molecule has 0 aliphatic heterocycles. The zero-order valence-corrected chi connectivity index (χ0v) is 10.3. The van der Waals surface area contributed by atoms with Crippen LogP contribution in [0.1, 0.15) is 12.5 Å². The summed E-state index contributed by atoms with van der Waals surface area (Å²) in [4.78, 5) is 2.10. The molecule has 0 aliphatic carbocycles. The quantitative estimate of drug-likeness (QED) is 0.892. The summed E-state index contributed by atoms with van der Waals surface area (Å²) in [6, 6.07) is 4.68. The molecule has 0 aliphatic rings. The van der Waals surface area contributed by atoms with Crippen LogP contribution in [-0.2, 0) is 6.54 Å². The van der Waals surface area contributed by atoms with Crippen molar-refractivity contribution in [2.75, 3.05) is 19.7 Å². The monoisotopic (exact) mass is 275 g/mol. The molecule has 0 atom stereocenters. The van der Waals surface area contributed by atoms with Gasteiger partial charge in [0.2, 0.25) is 0 Å². The van der Waals surface area contributed by atoms with Crippen LogP contribution in [0.15, 0.2) is 22.7 Å². The standard InChI is InChI=1S/C11H15BrFNO/c1-2-14(5-6-15)8-9-3-4-10(13)7-11(9)12/h3-4,7,15H,2,5-6,8H2,1H3. The van der Waals surface area contributed by atoms with E-state index in [0.29, 0.717) is 6.54 Å². The first-order valence-corrected chi connectivity index (χ1v) is 5.73. The van der Waals surface area contributed by atoms with Crippen molar-refractivity contribution in [2.45, 2.75) is 13.5 Å². The molecule has 4 heteroatoms. The zero-order valence-electron chi connectivity index (χ0n) is 8.71. The average Bonchev–Trinajstić information content (AvgIpc) is 2.21. The van der Waals surface area contributed by atoms with E-state index in [-0.39, 0.29) is 12.4 Å². The van der Waals surface area contributed by atoms with E-state index in [1.54, 1.807) is 6.07 Å². The van der Waals surface area contributed by atoms with E-state index in [0.717, 1.165) is 23.1 Å². The first kappa shape index (κ1) is 12.6. The van der Waals surface area contributed by atoms with E-state index >= 15 is 0 Å². The molecule has 0 bridgehead atoms. The maximum atomic E-state index is 12.8. The van der Waals surface area contributed by atoms with Gasteiger partial charge in [0.15, 0.2) is 0 Å². The van der Waals surface area contributed by atoms with Crippen molar-refractivity contribution in [3.63, 3.8) is 0 Å². The van der Waals surface area contributed by atoms with E-state index < -0.39 is 0 Å². The minimum Gasteiger partial charge on any atom is -0.395 e. The molecule has 0 heterocycles. The van der Waals surface area contributed by atoms with Gasteiger partial charge in [-0.25, -0.2) is 4.39 Å². The number of halogens is 2. The Labute approximate surface area is 97.8 Å². The predicted octanol–water partition coefficient (Wildman–Crippen LogP) is 2.40. The number of aliphatic hydroxyl groups excluding tert-OH is 1. The summed E-state index contributed by atoms with van der Waals surface area (Å²) < 4.78 is 13.6. The smallest absolute Gasteiger partial charge is 0.124 e. The summed E-state index contributed by atoms with van der Waals surface area (Å²) in [5.74, 6) is -0.240. The van der Waals surface area contributed by atoms with Crippen LogP contribution in [0.25, 0.3) is 0 Å². The Hall–Kier alpha value is -0.450. The van der Waals surface area contributed by atoms with Crippen LogP contribution in [0.4, 0.5) is 4.39 Å². The summed E-state index contributed by atoms with van der Waals surface area (Å²) >= 11 is 3.33. The highest BCUT2D eigenvalue weighted by Crippen LogP contribution is 2.19. The molecule has 2 nitrogen and oxygen atoms in total. The molecule has 0 saturated heterocycles. The Morgan fingerprint density at radius 3 is 2.73 bits per heavy atom. The van der Waals surface area contributed by atoms with Crippen LogP contribution in [0, 0.1) is 5.82 Å². The lowest BCUT2D eigenvalue weighted by molar-refractivity contribution is 0.196. The minimum atomic E-state index is -0.240. The predicted molar refractivity (Wildman–Crippen MR) is 62.1 cm³/mol. The van der Waals surface area contributed by atoms with Crippen LogP contribution >= 0.6 is 15.9 Å². The van der Waals surface area contributed by atoms with Crippen LogP contribution in [0.2, 0.25) is 0 Å². The molecule has 84 valence electrons. The first-order chi connectivity index (χ1) is 7.17. The molecule has 1 rings (SSSR count). The molecule has 0 unspecified atom stereocenters. The number of nitrogens with zero attached hydrogens (tertiary/aromatic N) is 1. The third-order valence-corrected chi connectivity index (χ3v) is 3.01. The van der Waals surface area contributed by atoms with Crippen LogP contribution in [-0.4, -0.2) is 29.7 Å². The van der Waals surface area contributed by atoms with Gasteiger partial charge in [0, 0.05) is 17.6 Å². The fourth-order valence-electron chi connectivity index (χ4n) is 1.38. The van der Waals surface area contributed by atoms with Crippen molar-refractivity contribution >= 4 is 15.9 Å². The molecule has 0 fully saturated rings. The van der Waals surface area contributed by atoms with E-state index in [1.165, 1.54) is 12.1 Å². The van der Waals surface area contributed by atoms with Gasteiger partial charge in [-0.1, -0.05) is 28.9 Å². The Kier molecular flexibility index (Phi) is 5.22. The Balaban J connectivity index is 2.70. The van der Waals surface area contributed by atoms with Gasteiger partial charge in [-0.2, -0.15) is 0 Å². The van der Waals surface area contributed by atoms with Crippen molar-refractivity contribution in [3.05, 3.63) is 34.1 Å². The van der Waals surface area contributed by atoms with Crippen LogP contribution in [0.3, 0.4) is 0 Å². The van der Waals surface area contributed by atoms with Crippen molar-refractivity contribution < 1.29 is 9.50 Å². The second kappa shape index (κ2) is 6.20. The van der Waals surface area contributed by atoms with Crippen LogP contribution in [0.5, 0.6) is 0 Å². The van der Waals surface area contributed by atoms with Gasteiger partial charge in [0.1, 0.15) is 5.82 Å². The van der Waals surface area contributed by atoms with Crippen molar-refractivity contribution in [2.24, 2.45) is 0 Å². The van der Waals surface area contributed by atoms with Gasteiger partial charge in [-0.15, -0.1) is 0 Å². The Morgan fingerprint density at radius 2 is 2.20 bits per heavy atom. The van der Waals surface area contributed by atoms with Crippen LogP contribution < -0.4 is 0 Å². The van der Waals surface area contributed by atoms with Gasteiger partial charge in [-0.05, 0) is 24.2 Å². The van der Waals surface area contributed by atoms with Crippen molar-refractivity contribution in [1.82, 2.24) is 4.90 Å². The summed E-state index contributed by atoms with van der Waals surface area (Å²) in [5.41, 5.74) is 1.03. The first-order valence-electron chi connectivity index (χ1n) is 4.94. The van der Waals surface area contributed by atoms with Crippen molar-refractivity contribution in [1.29, 1.82) is 0 Å². The number of aliphatic hydroxyl groups is 1. The third-order valence-electron chi connectivity index (χ3n) is 2.27. The highest BCUT2D eigenvalue weighted by Gasteiger charge is 2.06. The molecule has 0 radical (unpaired) electrons. The van der Waals surface area contributed by atoms with Gasteiger partial charge >= 0.3 is 0 Å². The maximum absolute atomic E-state index is 12.8. The largest absolute Gasteiger partial charge is 0.395 e. The normalized spacial score (nSPS) is 11.0. The molecule has 1 aromatic carbocycles. The number of likely N-dealkylation sites (N-methyl/N-ethyl adjacent to an activating group) is 1. The van der Waals surface area contributed by atoms with E-state index in [2.05, 4.69) is 20.8 Å². The Morgan fingerprint density at radius 1 is 1.47 bits per heavy atom. The van der Waals surface area contributed by atoms with E-state index in [4.69, 9.17) is 5.11 Å². The van der Waals surface area contributed by atoms with Gasteiger partial charge in [0.25, 0.3) is 0 Å².